The molecule has 1 saturated heterocycles. The van der Waals surface area contributed by atoms with Gasteiger partial charge in [-0.1, -0.05) is 17.7 Å². The van der Waals surface area contributed by atoms with Crippen molar-refractivity contribution in [2.75, 3.05) is 25.0 Å². The second kappa shape index (κ2) is 6.18. The molecule has 0 saturated carbocycles. The van der Waals surface area contributed by atoms with Crippen LogP contribution in [0.3, 0.4) is 0 Å². The summed E-state index contributed by atoms with van der Waals surface area (Å²) in [5, 5.41) is 3.46. The summed E-state index contributed by atoms with van der Waals surface area (Å²) in [6.45, 7) is 2.65. The summed E-state index contributed by atoms with van der Waals surface area (Å²) < 4.78 is 0. The third-order valence-corrected chi connectivity index (χ3v) is 3.31. The average molecular weight is 268 g/mol. The van der Waals surface area contributed by atoms with Crippen LogP contribution in [0.2, 0.25) is 5.02 Å². The molecule has 2 rings (SSSR count). The van der Waals surface area contributed by atoms with Gasteiger partial charge in [-0.15, -0.1) is 0 Å². The van der Waals surface area contributed by atoms with E-state index in [0.29, 0.717) is 11.4 Å². The first-order valence-corrected chi connectivity index (χ1v) is 6.54. The van der Waals surface area contributed by atoms with Gasteiger partial charge in [-0.25, -0.2) is 0 Å². The van der Waals surface area contributed by atoms with Crippen molar-refractivity contribution in [1.29, 1.82) is 0 Å². The fourth-order valence-electron chi connectivity index (χ4n) is 2.12. The van der Waals surface area contributed by atoms with Crippen molar-refractivity contribution < 1.29 is 4.79 Å². The Labute approximate surface area is 112 Å². The number of hydrogen-bond acceptors (Lipinski definition) is 3. The Bertz CT molecular complexity index is 424. The molecule has 1 aromatic rings. The number of nitrogens with one attached hydrogen (secondary N) is 1. The molecular weight excluding hydrogens is 250 g/mol. The van der Waals surface area contributed by atoms with Gasteiger partial charge in [0.2, 0.25) is 5.91 Å². The summed E-state index contributed by atoms with van der Waals surface area (Å²) in [6.07, 6.45) is 1.51. The van der Waals surface area contributed by atoms with E-state index in [1.807, 2.05) is 12.1 Å². The molecule has 1 atom stereocenters. The van der Waals surface area contributed by atoms with Gasteiger partial charge in [0, 0.05) is 36.3 Å². The first-order valence-electron chi connectivity index (χ1n) is 6.17. The Hall–Kier alpha value is -1.10. The van der Waals surface area contributed by atoms with Crippen molar-refractivity contribution in [3.63, 3.8) is 0 Å². The van der Waals surface area contributed by atoms with E-state index in [4.69, 9.17) is 17.3 Å². The fraction of sp³-hybridized carbons (Fsp3) is 0.462. The number of nitrogens with zero attached hydrogens (tertiary/aromatic N) is 1. The van der Waals surface area contributed by atoms with Crippen LogP contribution in [-0.2, 0) is 4.79 Å². The van der Waals surface area contributed by atoms with Gasteiger partial charge in [-0.2, -0.15) is 0 Å². The number of carbonyl (C=O) groups is 1. The molecular formula is C13H18ClN3O. The van der Waals surface area contributed by atoms with Crippen molar-refractivity contribution in [1.82, 2.24) is 4.90 Å². The van der Waals surface area contributed by atoms with Crippen LogP contribution in [-0.4, -0.2) is 36.5 Å². The predicted molar refractivity (Wildman–Crippen MR) is 73.7 cm³/mol. The zero-order valence-corrected chi connectivity index (χ0v) is 11.0. The second-order valence-corrected chi connectivity index (χ2v) is 5.09. The lowest BCUT2D eigenvalue weighted by atomic mass is 10.3. The standard InChI is InChI=1S/C13H18ClN3O/c14-10-2-1-3-12(8-10)16-13(18)5-7-17-6-4-11(15)9-17/h1-3,8,11H,4-7,9,15H2,(H,16,18)/t11-/m1/s1. The highest BCUT2D eigenvalue weighted by Gasteiger charge is 2.19. The number of rotatable bonds is 4. The first kappa shape index (κ1) is 13.3. The van der Waals surface area contributed by atoms with Crippen LogP contribution in [0.15, 0.2) is 24.3 Å². The zero-order chi connectivity index (χ0) is 13.0. The molecule has 0 spiro atoms. The van der Waals surface area contributed by atoms with Crippen molar-refractivity contribution in [2.24, 2.45) is 5.73 Å². The highest BCUT2D eigenvalue weighted by molar-refractivity contribution is 6.30. The average Bonchev–Trinajstić information content (AvgIpc) is 2.73. The third kappa shape index (κ3) is 3.98. The number of carbonyl (C=O) groups excluding carboxylic acids is 1. The highest BCUT2D eigenvalue weighted by Crippen LogP contribution is 2.15. The molecule has 3 N–H and O–H groups in total. The maximum absolute atomic E-state index is 11.7. The van der Waals surface area contributed by atoms with E-state index in [-0.39, 0.29) is 11.9 Å². The molecule has 1 heterocycles. The molecule has 0 aromatic heterocycles. The van der Waals surface area contributed by atoms with Gasteiger partial charge in [0.15, 0.2) is 0 Å². The molecule has 0 bridgehead atoms. The lowest BCUT2D eigenvalue weighted by Crippen LogP contribution is -2.29. The van der Waals surface area contributed by atoms with Gasteiger partial charge in [-0.3, -0.25) is 4.79 Å². The quantitative estimate of drug-likeness (QED) is 0.873. The smallest absolute Gasteiger partial charge is 0.225 e. The molecule has 98 valence electrons. The molecule has 1 aliphatic heterocycles. The van der Waals surface area contributed by atoms with Crippen LogP contribution < -0.4 is 11.1 Å². The predicted octanol–water partition coefficient (Wildman–Crippen LogP) is 1.70. The molecule has 5 heteroatoms. The van der Waals surface area contributed by atoms with Crippen LogP contribution in [0.4, 0.5) is 5.69 Å². The van der Waals surface area contributed by atoms with E-state index in [0.717, 1.165) is 31.7 Å². The van der Waals surface area contributed by atoms with E-state index >= 15 is 0 Å². The number of nitrogens with two attached hydrogens (primary N) is 1. The fourth-order valence-corrected chi connectivity index (χ4v) is 2.31. The Kier molecular flexibility index (Phi) is 4.58. The van der Waals surface area contributed by atoms with Crippen LogP contribution in [0, 0.1) is 0 Å². The Morgan fingerprint density at radius 2 is 2.39 bits per heavy atom. The van der Waals surface area contributed by atoms with Crippen molar-refractivity contribution in [3.05, 3.63) is 29.3 Å². The largest absolute Gasteiger partial charge is 0.326 e. The van der Waals surface area contributed by atoms with Gasteiger partial charge in [0.05, 0.1) is 0 Å². The van der Waals surface area contributed by atoms with Crippen molar-refractivity contribution in [3.8, 4) is 0 Å². The maximum Gasteiger partial charge on any atom is 0.225 e. The number of anilines is 1. The summed E-state index contributed by atoms with van der Waals surface area (Å²) in [7, 11) is 0. The number of likely N-dealkylation sites (tertiary alicyclic amines) is 1. The number of benzene rings is 1. The van der Waals surface area contributed by atoms with E-state index in [1.54, 1.807) is 12.1 Å². The van der Waals surface area contributed by atoms with E-state index in [1.165, 1.54) is 0 Å². The Morgan fingerprint density at radius 1 is 1.56 bits per heavy atom. The van der Waals surface area contributed by atoms with Gasteiger partial charge in [0.1, 0.15) is 0 Å². The number of halogens is 1. The SMILES string of the molecule is N[C@@H]1CCN(CCC(=O)Nc2cccc(Cl)c2)C1. The molecule has 1 aliphatic rings. The van der Waals surface area contributed by atoms with Crippen LogP contribution in [0.5, 0.6) is 0 Å². The minimum Gasteiger partial charge on any atom is -0.326 e. The molecule has 1 fully saturated rings. The molecule has 0 unspecified atom stereocenters. The lowest BCUT2D eigenvalue weighted by Gasteiger charge is -2.14. The van der Waals surface area contributed by atoms with E-state index in [9.17, 15) is 4.79 Å². The summed E-state index contributed by atoms with van der Waals surface area (Å²) in [5.74, 6) is 0.0118. The minimum atomic E-state index is 0.0118. The summed E-state index contributed by atoms with van der Waals surface area (Å²) in [4.78, 5) is 14.0. The van der Waals surface area contributed by atoms with Crippen LogP contribution in [0.25, 0.3) is 0 Å². The number of amides is 1. The molecule has 1 aromatic carbocycles. The van der Waals surface area contributed by atoms with Crippen LogP contribution >= 0.6 is 11.6 Å². The lowest BCUT2D eigenvalue weighted by molar-refractivity contribution is -0.116. The molecule has 4 nitrogen and oxygen atoms in total. The van der Waals surface area contributed by atoms with Gasteiger partial charge < -0.3 is 16.0 Å². The molecule has 0 aliphatic carbocycles. The summed E-state index contributed by atoms with van der Waals surface area (Å²) in [5.41, 5.74) is 6.56. The summed E-state index contributed by atoms with van der Waals surface area (Å²) in [6, 6.07) is 7.43. The maximum atomic E-state index is 11.7. The second-order valence-electron chi connectivity index (χ2n) is 4.66. The first-order chi connectivity index (χ1) is 8.63. The van der Waals surface area contributed by atoms with E-state index < -0.39 is 0 Å². The monoisotopic (exact) mass is 267 g/mol. The highest BCUT2D eigenvalue weighted by atomic mass is 35.5. The normalized spacial score (nSPS) is 20.0. The minimum absolute atomic E-state index is 0.0118. The third-order valence-electron chi connectivity index (χ3n) is 3.07. The Morgan fingerprint density at radius 3 is 3.06 bits per heavy atom. The van der Waals surface area contributed by atoms with Crippen LogP contribution in [0.1, 0.15) is 12.8 Å². The summed E-state index contributed by atoms with van der Waals surface area (Å²) >= 11 is 5.85. The van der Waals surface area contributed by atoms with E-state index in [2.05, 4.69) is 10.2 Å². The van der Waals surface area contributed by atoms with Gasteiger partial charge in [0.25, 0.3) is 0 Å². The van der Waals surface area contributed by atoms with Gasteiger partial charge >= 0.3 is 0 Å². The molecule has 18 heavy (non-hydrogen) atoms. The molecule has 0 radical (unpaired) electrons. The van der Waals surface area contributed by atoms with Crippen molar-refractivity contribution >= 4 is 23.2 Å². The van der Waals surface area contributed by atoms with Crippen molar-refractivity contribution in [2.45, 2.75) is 18.9 Å². The molecule has 1 amide bonds. The number of hydrogen-bond donors (Lipinski definition) is 2. The zero-order valence-electron chi connectivity index (χ0n) is 10.2. The van der Waals surface area contributed by atoms with Gasteiger partial charge in [-0.05, 0) is 31.2 Å². The Balaban J connectivity index is 1.75. The topological polar surface area (TPSA) is 58.4 Å².